The molecule has 0 radical (unpaired) electrons. The number of carbonyl (C=O) groups is 1. The monoisotopic (exact) mass is 503 g/mol. The van der Waals surface area contributed by atoms with E-state index in [1.807, 2.05) is 42.2 Å². The molecule has 12 heteroatoms. The number of H-pyrrole nitrogens is 1. The van der Waals surface area contributed by atoms with E-state index in [0.29, 0.717) is 55.0 Å². The van der Waals surface area contributed by atoms with Gasteiger partial charge in [0, 0.05) is 49.8 Å². The van der Waals surface area contributed by atoms with Crippen molar-refractivity contribution in [1.29, 1.82) is 0 Å². The Morgan fingerprint density at radius 2 is 2.11 bits per heavy atom. The lowest BCUT2D eigenvalue weighted by Crippen LogP contribution is -2.29. The molecule has 1 atom stereocenters. The molecule has 37 heavy (non-hydrogen) atoms. The van der Waals surface area contributed by atoms with Crippen LogP contribution in [0.3, 0.4) is 0 Å². The average Bonchev–Trinajstić information content (AvgIpc) is 3.68. The first-order chi connectivity index (χ1) is 18.1. The normalized spacial score (nSPS) is 15.2. The number of aryl methyl sites for hydroxylation is 1. The number of aliphatic hydroxyl groups excluding tert-OH is 1. The molecule has 0 saturated carbocycles. The molecular weight excluding hydrogens is 474 g/mol. The summed E-state index contributed by atoms with van der Waals surface area (Å²) in [4.78, 5) is 28.6. The first kappa shape index (κ1) is 24.4. The lowest BCUT2D eigenvalue weighted by molar-refractivity contribution is 0.0947. The fraction of sp³-hybridized carbons (Fsp3) is 0.360. The first-order valence-corrected chi connectivity index (χ1v) is 12.3. The summed E-state index contributed by atoms with van der Waals surface area (Å²) in [6.07, 6.45) is 4.75. The maximum Gasteiger partial charge on any atom is 0.270 e. The molecule has 5 rings (SSSR count). The maximum atomic E-state index is 12.9. The number of anilines is 3. The molecule has 1 unspecified atom stereocenters. The minimum atomic E-state index is -0.310. The molecule has 1 aliphatic heterocycles. The van der Waals surface area contributed by atoms with Gasteiger partial charge in [0.05, 0.1) is 11.7 Å². The summed E-state index contributed by atoms with van der Waals surface area (Å²) in [6.45, 7) is 3.14. The first-order valence-electron chi connectivity index (χ1n) is 12.3. The molecule has 4 aromatic heterocycles. The summed E-state index contributed by atoms with van der Waals surface area (Å²) in [7, 11) is 0. The quantitative estimate of drug-likeness (QED) is 0.237. The van der Waals surface area contributed by atoms with Crippen LogP contribution in [-0.4, -0.2) is 61.0 Å². The molecule has 5 heterocycles. The van der Waals surface area contributed by atoms with Crippen LogP contribution in [0.15, 0.2) is 47.1 Å². The van der Waals surface area contributed by atoms with Gasteiger partial charge in [-0.3, -0.25) is 14.9 Å². The van der Waals surface area contributed by atoms with Crippen LogP contribution in [0.4, 0.5) is 17.6 Å². The molecule has 4 N–H and O–H groups in total. The van der Waals surface area contributed by atoms with E-state index in [4.69, 9.17) is 14.6 Å². The summed E-state index contributed by atoms with van der Waals surface area (Å²) in [5.41, 5.74) is 2.53. The van der Waals surface area contributed by atoms with Crippen molar-refractivity contribution in [1.82, 2.24) is 35.6 Å². The Morgan fingerprint density at radius 3 is 2.89 bits per heavy atom. The number of aliphatic hydroxyl groups is 1. The molecule has 0 spiro atoms. The standard InChI is InChI=1S/C25H29N9O3/c1-16-13-23(32-31-16)29-22-15-19(24(36)27-10-4-5-12-35)28-25(30-22)34-11-6-8-20(34)21-14-18(33-37-21)17-7-2-3-9-26-17/h2-3,7,9,13-15,20,35H,4-6,8,10-12H2,1H3,(H,27,36)(H2,28,29,30,31,32). The Bertz CT molecular complexity index is 1340. The highest BCUT2D eigenvalue weighted by molar-refractivity contribution is 5.93. The second kappa shape index (κ2) is 11.2. The van der Waals surface area contributed by atoms with E-state index in [0.717, 1.165) is 24.2 Å². The summed E-state index contributed by atoms with van der Waals surface area (Å²) in [5, 5.41) is 26.4. The molecule has 12 nitrogen and oxygen atoms in total. The second-order valence-corrected chi connectivity index (χ2v) is 8.87. The largest absolute Gasteiger partial charge is 0.396 e. The minimum absolute atomic E-state index is 0.0880. The number of nitrogens with one attached hydrogen (secondary N) is 3. The smallest absolute Gasteiger partial charge is 0.270 e. The number of amides is 1. The molecule has 0 aromatic carbocycles. The van der Waals surface area contributed by atoms with Crippen LogP contribution >= 0.6 is 0 Å². The van der Waals surface area contributed by atoms with Gasteiger partial charge in [0.15, 0.2) is 11.6 Å². The van der Waals surface area contributed by atoms with Crippen LogP contribution in [0.1, 0.15) is 53.7 Å². The van der Waals surface area contributed by atoms with Crippen LogP contribution in [0.25, 0.3) is 11.4 Å². The van der Waals surface area contributed by atoms with Gasteiger partial charge >= 0.3 is 0 Å². The lowest BCUT2D eigenvalue weighted by atomic mass is 10.1. The van der Waals surface area contributed by atoms with Crippen LogP contribution in [0.5, 0.6) is 0 Å². The summed E-state index contributed by atoms with van der Waals surface area (Å²) >= 11 is 0. The Morgan fingerprint density at radius 1 is 1.19 bits per heavy atom. The third-order valence-corrected chi connectivity index (χ3v) is 6.07. The van der Waals surface area contributed by atoms with Crippen LogP contribution in [-0.2, 0) is 0 Å². The van der Waals surface area contributed by atoms with E-state index in [9.17, 15) is 4.79 Å². The average molecular weight is 504 g/mol. The molecule has 4 aromatic rings. The SMILES string of the molecule is Cc1cc(Nc2cc(C(=O)NCCCCO)nc(N3CCCC3c3cc(-c4ccccn4)no3)n2)n[nH]1. The van der Waals surface area contributed by atoms with Crippen molar-refractivity contribution >= 4 is 23.5 Å². The number of pyridine rings is 1. The highest BCUT2D eigenvalue weighted by atomic mass is 16.5. The summed E-state index contributed by atoms with van der Waals surface area (Å²) in [5.74, 6) is 1.84. The van der Waals surface area contributed by atoms with Crippen LogP contribution in [0, 0.1) is 6.92 Å². The van der Waals surface area contributed by atoms with E-state index in [2.05, 4.69) is 36.0 Å². The number of nitrogens with zero attached hydrogens (tertiary/aromatic N) is 6. The van der Waals surface area contributed by atoms with Gasteiger partial charge in [0.1, 0.15) is 17.2 Å². The van der Waals surface area contributed by atoms with Gasteiger partial charge in [-0.15, -0.1) is 0 Å². The predicted molar refractivity (Wildman–Crippen MR) is 136 cm³/mol. The third-order valence-electron chi connectivity index (χ3n) is 6.07. The Labute approximate surface area is 213 Å². The van der Waals surface area contributed by atoms with Gasteiger partial charge in [-0.25, -0.2) is 4.98 Å². The van der Waals surface area contributed by atoms with E-state index in [1.54, 1.807) is 12.3 Å². The lowest BCUT2D eigenvalue weighted by Gasteiger charge is -2.23. The summed E-state index contributed by atoms with van der Waals surface area (Å²) in [6, 6.07) is 10.9. The maximum absolute atomic E-state index is 12.9. The van der Waals surface area contributed by atoms with Crippen molar-refractivity contribution in [2.75, 3.05) is 29.9 Å². The number of aromatic nitrogens is 6. The van der Waals surface area contributed by atoms with Gasteiger partial charge in [-0.05, 0) is 44.7 Å². The zero-order valence-electron chi connectivity index (χ0n) is 20.5. The Kier molecular flexibility index (Phi) is 7.36. The third kappa shape index (κ3) is 5.75. The van der Waals surface area contributed by atoms with Crippen molar-refractivity contribution in [3.63, 3.8) is 0 Å². The topological polar surface area (TPSA) is 158 Å². The van der Waals surface area contributed by atoms with E-state index in [-0.39, 0.29) is 24.2 Å². The summed E-state index contributed by atoms with van der Waals surface area (Å²) < 4.78 is 5.72. The van der Waals surface area contributed by atoms with Gasteiger partial charge in [-0.2, -0.15) is 10.1 Å². The van der Waals surface area contributed by atoms with Crippen LogP contribution in [0.2, 0.25) is 0 Å². The molecule has 1 fully saturated rings. The van der Waals surface area contributed by atoms with Gasteiger partial charge in [-0.1, -0.05) is 11.2 Å². The van der Waals surface area contributed by atoms with Gasteiger partial charge in [0.2, 0.25) is 5.95 Å². The molecule has 1 amide bonds. The molecule has 1 saturated heterocycles. The number of rotatable bonds is 10. The van der Waals surface area contributed by atoms with Crippen molar-refractivity contribution in [3.05, 3.63) is 59.7 Å². The highest BCUT2D eigenvalue weighted by Crippen LogP contribution is 2.36. The van der Waals surface area contributed by atoms with Gasteiger partial charge < -0.3 is 25.2 Å². The number of unbranched alkanes of at least 4 members (excludes halogenated alkanes) is 1. The van der Waals surface area contributed by atoms with Crippen molar-refractivity contribution < 1.29 is 14.4 Å². The molecule has 0 aliphatic carbocycles. The van der Waals surface area contributed by atoms with E-state index < -0.39 is 0 Å². The van der Waals surface area contributed by atoms with E-state index >= 15 is 0 Å². The second-order valence-electron chi connectivity index (χ2n) is 8.87. The zero-order chi connectivity index (χ0) is 25.6. The van der Waals surface area contributed by atoms with Crippen LogP contribution < -0.4 is 15.5 Å². The van der Waals surface area contributed by atoms with Crippen molar-refractivity contribution in [3.8, 4) is 11.4 Å². The minimum Gasteiger partial charge on any atom is -0.396 e. The molecular formula is C25H29N9O3. The number of aromatic amines is 1. The fourth-order valence-electron chi connectivity index (χ4n) is 4.27. The molecule has 192 valence electrons. The molecule has 1 aliphatic rings. The number of carbonyl (C=O) groups excluding carboxylic acids is 1. The van der Waals surface area contributed by atoms with Crippen molar-refractivity contribution in [2.24, 2.45) is 0 Å². The highest BCUT2D eigenvalue weighted by Gasteiger charge is 2.32. The number of hydrogen-bond donors (Lipinski definition) is 4. The Hall–Kier alpha value is -4.32. The number of hydrogen-bond acceptors (Lipinski definition) is 10. The zero-order valence-corrected chi connectivity index (χ0v) is 20.5. The Balaban J connectivity index is 1.42. The van der Waals surface area contributed by atoms with E-state index in [1.165, 1.54) is 0 Å². The predicted octanol–water partition coefficient (Wildman–Crippen LogP) is 3.15. The fourth-order valence-corrected chi connectivity index (χ4v) is 4.27. The van der Waals surface area contributed by atoms with Crippen molar-refractivity contribution in [2.45, 2.75) is 38.6 Å². The van der Waals surface area contributed by atoms with Gasteiger partial charge in [0.25, 0.3) is 5.91 Å². The molecule has 0 bridgehead atoms.